The van der Waals surface area contributed by atoms with E-state index >= 15 is 0 Å². The molecule has 0 spiro atoms. The second-order valence-corrected chi connectivity index (χ2v) is 8.15. The maximum Gasteiger partial charge on any atom is 0.218 e. The molecular weight excluding hydrogens is 363 g/mol. The quantitative estimate of drug-likeness (QED) is 0.862. The molecule has 2 N–H and O–H groups in total. The number of benzene rings is 2. The molecule has 1 aliphatic heterocycles. The molecule has 136 valence electrons. The molecule has 0 aliphatic carbocycles. The Morgan fingerprint density at radius 2 is 1.68 bits per heavy atom. The second kappa shape index (κ2) is 8.27. The van der Waals surface area contributed by atoms with Gasteiger partial charge in [-0.25, -0.2) is 17.1 Å². The van der Waals surface area contributed by atoms with E-state index in [9.17, 15) is 12.8 Å². The molecule has 2 aromatic carbocycles. The zero-order chi connectivity index (χ0) is 17.2. The molecule has 0 radical (unpaired) electrons. The number of hydrogen-bond donors (Lipinski definition) is 1. The Kier molecular flexibility index (Phi) is 6.57. The maximum atomic E-state index is 13.8. The maximum absolute atomic E-state index is 13.8. The van der Waals surface area contributed by atoms with Gasteiger partial charge < -0.3 is 5.73 Å². The number of nitrogens with two attached hydrogens (primary N) is 1. The van der Waals surface area contributed by atoms with E-state index in [1.165, 1.54) is 16.4 Å². The highest BCUT2D eigenvalue weighted by Crippen LogP contribution is 2.34. The average molecular weight is 385 g/mol. The molecule has 7 heteroatoms. The summed E-state index contributed by atoms with van der Waals surface area (Å²) in [5.74, 6) is -0.664. The van der Waals surface area contributed by atoms with Crippen LogP contribution in [-0.4, -0.2) is 32.4 Å². The van der Waals surface area contributed by atoms with Crippen molar-refractivity contribution in [3.05, 3.63) is 71.5 Å². The number of nitrogens with zero attached hydrogens (tertiary/aromatic N) is 1. The lowest BCUT2D eigenvalue weighted by molar-refractivity contribution is 0.457. The summed E-state index contributed by atoms with van der Waals surface area (Å²) >= 11 is 0. The van der Waals surface area contributed by atoms with Gasteiger partial charge in [-0.1, -0.05) is 48.5 Å². The van der Waals surface area contributed by atoms with E-state index < -0.39 is 15.8 Å². The fraction of sp³-hybridized carbons (Fsp3) is 0.333. The molecule has 3 rings (SSSR count). The van der Waals surface area contributed by atoms with Gasteiger partial charge in [0.2, 0.25) is 10.0 Å². The van der Waals surface area contributed by atoms with Gasteiger partial charge in [0.1, 0.15) is 5.82 Å². The molecule has 2 aromatic rings. The van der Waals surface area contributed by atoms with Crippen LogP contribution in [0, 0.1) is 11.7 Å². The van der Waals surface area contributed by atoms with Crippen molar-refractivity contribution >= 4 is 22.4 Å². The summed E-state index contributed by atoms with van der Waals surface area (Å²) in [6.07, 6.45) is 0. The summed E-state index contributed by atoms with van der Waals surface area (Å²) in [4.78, 5) is 0. The SMILES string of the molecule is Cl.NC[C@@H]1CN(S(=O)(=O)Cc2ccccc2F)C[C@H]1c1ccccc1. The lowest BCUT2D eigenvalue weighted by Gasteiger charge is -2.17. The first-order chi connectivity index (χ1) is 11.5. The first-order valence-corrected chi connectivity index (χ1v) is 9.58. The van der Waals surface area contributed by atoms with Crippen molar-refractivity contribution in [2.24, 2.45) is 11.7 Å². The minimum atomic E-state index is -3.58. The van der Waals surface area contributed by atoms with E-state index in [2.05, 4.69) is 0 Å². The van der Waals surface area contributed by atoms with Gasteiger partial charge in [0, 0.05) is 24.6 Å². The van der Waals surface area contributed by atoms with Crippen LogP contribution in [0.2, 0.25) is 0 Å². The van der Waals surface area contributed by atoms with E-state index in [0.717, 1.165) is 5.56 Å². The smallest absolute Gasteiger partial charge is 0.218 e. The van der Waals surface area contributed by atoms with Crippen LogP contribution in [0.3, 0.4) is 0 Å². The van der Waals surface area contributed by atoms with Crippen molar-refractivity contribution in [3.8, 4) is 0 Å². The Morgan fingerprint density at radius 3 is 2.32 bits per heavy atom. The van der Waals surface area contributed by atoms with Crippen LogP contribution in [0.5, 0.6) is 0 Å². The molecular formula is C18H22ClFN2O2S. The molecule has 0 amide bonds. The third kappa shape index (κ3) is 4.39. The van der Waals surface area contributed by atoms with Gasteiger partial charge in [0.05, 0.1) is 5.75 Å². The standard InChI is InChI=1S/C18H21FN2O2S.ClH/c19-18-9-5-4-8-15(18)13-24(22,23)21-11-16(10-20)17(12-21)14-6-2-1-3-7-14;/h1-9,16-17H,10-13,20H2;1H/t16-,17+;/m1./s1. The van der Waals surface area contributed by atoms with Crippen LogP contribution in [0.15, 0.2) is 54.6 Å². The van der Waals surface area contributed by atoms with Crippen LogP contribution in [0.1, 0.15) is 17.0 Å². The van der Waals surface area contributed by atoms with Crippen molar-refractivity contribution in [1.29, 1.82) is 0 Å². The summed E-state index contributed by atoms with van der Waals surface area (Å²) in [7, 11) is -3.58. The first kappa shape index (κ1) is 19.8. The van der Waals surface area contributed by atoms with E-state index in [1.807, 2.05) is 30.3 Å². The molecule has 25 heavy (non-hydrogen) atoms. The van der Waals surface area contributed by atoms with Crippen molar-refractivity contribution < 1.29 is 12.8 Å². The molecule has 1 saturated heterocycles. The van der Waals surface area contributed by atoms with E-state index in [1.54, 1.807) is 12.1 Å². The van der Waals surface area contributed by atoms with Crippen LogP contribution in [0.25, 0.3) is 0 Å². The van der Waals surface area contributed by atoms with Gasteiger partial charge in [-0.05, 0) is 24.1 Å². The Balaban J connectivity index is 0.00000225. The molecule has 1 heterocycles. The third-order valence-electron chi connectivity index (χ3n) is 4.63. The van der Waals surface area contributed by atoms with Gasteiger partial charge in [-0.2, -0.15) is 0 Å². The number of rotatable bonds is 5. The average Bonchev–Trinajstić information content (AvgIpc) is 3.03. The van der Waals surface area contributed by atoms with Crippen LogP contribution in [0.4, 0.5) is 4.39 Å². The van der Waals surface area contributed by atoms with Gasteiger partial charge in [0.25, 0.3) is 0 Å². The van der Waals surface area contributed by atoms with Crippen LogP contribution < -0.4 is 5.73 Å². The zero-order valence-electron chi connectivity index (χ0n) is 13.7. The topological polar surface area (TPSA) is 63.4 Å². The van der Waals surface area contributed by atoms with E-state index in [-0.39, 0.29) is 35.6 Å². The molecule has 0 unspecified atom stereocenters. The number of sulfonamides is 1. The number of halogens is 2. The molecule has 0 aromatic heterocycles. The Bertz CT molecular complexity index is 802. The highest BCUT2D eigenvalue weighted by atomic mass is 35.5. The molecule has 2 atom stereocenters. The van der Waals surface area contributed by atoms with Gasteiger partial charge in [-0.3, -0.25) is 0 Å². The largest absolute Gasteiger partial charge is 0.330 e. The molecule has 4 nitrogen and oxygen atoms in total. The monoisotopic (exact) mass is 384 g/mol. The van der Waals surface area contributed by atoms with Crippen LogP contribution >= 0.6 is 12.4 Å². The summed E-state index contributed by atoms with van der Waals surface area (Å²) in [5, 5.41) is 0. The Labute approximate surface area is 154 Å². The van der Waals surface area contributed by atoms with Crippen molar-refractivity contribution in [3.63, 3.8) is 0 Å². The predicted molar refractivity (Wildman–Crippen MR) is 99.6 cm³/mol. The number of hydrogen-bond acceptors (Lipinski definition) is 3. The van der Waals surface area contributed by atoms with Crippen molar-refractivity contribution in [2.45, 2.75) is 11.7 Å². The van der Waals surface area contributed by atoms with Crippen LogP contribution in [-0.2, 0) is 15.8 Å². The molecule has 0 saturated carbocycles. The lowest BCUT2D eigenvalue weighted by atomic mass is 9.89. The Morgan fingerprint density at radius 1 is 1.04 bits per heavy atom. The van der Waals surface area contributed by atoms with E-state index in [4.69, 9.17) is 5.73 Å². The fourth-order valence-electron chi connectivity index (χ4n) is 3.28. The normalized spacial score (nSPS) is 21.0. The van der Waals surface area contributed by atoms with Crippen molar-refractivity contribution in [1.82, 2.24) is 4.31 Å². The van der Waals surface area contributed by atoms with Gasteiger partial charge in [-0.15, -0.1) is 12.4 Å². The third-order valence-corrected chi connectivity index (χ3v) is 6.39. The van der Waals surface area contributed by atoms with E-state index in [0.29, 0.717) is 19.6 Å². The Hall–Kier alpha value is -1.47. The first-order valence-electron chi connectivity index (χ1n) is 7.97. The minimum Gasteiger partial charge on any atom is -0.330 e. The molecule has 1 aliphatic rings. The zero-order valence-corrected chi connectivity index (χ0v) is 15.3. The lowest BCUT2D eigenvalue weighted by Crippen LogP contribution is -2.31. The molecule has 1 fully saturated rings. The highest BCUT2D eigenvalue weighted by Gasteiger charge is 2.38. The summed E-state index contributed by atoms with van der Waals surface area (Å²) < 4.78 is 40.7. The highest BCUT2D eigenvalue weighted by molar-refractivity contribution is 7.88. The molecule has 0 bridgehead atoms. The van der Waals surface area contributed by atoms with Gasteiger partial charge in [0.15, 0.2) is 0 Å². The predicted octanol–water partition coefficient (Wildman–Crippen LogP) is 2.75. The van der Waals surface area contributed by atoms with Crippen molar-refractivity contribution in [2.75, 3.05) is 19.6 Å². The summed E-state index contributed by atoms with van der Waals surface area (Å²) in [6.45, 7) is 1.20. The van der Waals surface area contributed by atoms with Gasteiger partial charge >= 0.3 is 0 Å². The second-order valence-electron chi connectivity index (χ2n) is 6.18. The minimum absolute atomic E-state index is 0. The summed E-state index contributed by atoms with van der Waals surface area (Å²) in [5.41, 5.74) is 7.16. The summed E-state index contributed by atoms with van der Waals surface area (Å²) in [6, 6.07) is 15.8. The fourth-order valence-corrected chi connectivity index (χ4v) is 4.89.